The van der Waals surface area contributed by atoms with Gasteiger partial charge < -0.3 is 10.6 Å². The van der Waals surface area contributed by atoms with Gasteiger partial charge in [0.15, 0.2) is 5.17 Å². The van der Waals surface area contributed by atoms with Crippen molar-refractivity contribution in [3.8, 4) is 6.07 Å². The number of aromatic nitrogens is 1. The smallest absolute Gasteiger partial charge is 0.267 e. The lowest BCUT2D eigenvalue weighted by Crippen LogP contribution is -2.46. The number of likely N-dealkylation sites (tertiary alicyclic amines) is 1. The number of pyridine rings is 1. The SMILES string of the molecule is C[C@]1(c2cc(/C=C(\F)c3ccc(C#N)cn3)ccc2F)N=C(N)S[C@@]2(C(=O)N3CCC(F)(F)C3)C=C21. The van der Waals surface area contributed by atoms with Crippen LogP contribution in [-0.4, -0.2) is 44.7 Å². The molecule has 1 saturated heterocycles. The van der Waals surface area contributed by atoms with Crippen LogP contribution in [0.15, 0.2) is 53.2 Å². The van der Waals surface area contributed by atoms with Crippen LogP contribution in [0.25, 0.3) is 11.9 Å². The van der Waals surface area contributed by atoms with Crippen molar-refractivity contribution < 1.29 is 22.4 Å². The Morgan fingerprint density at radius 1 is 1.31 bits per heavy atom. The number of hydrogen-bond acceptors (Lipinski definition) is 6. The summed E-state index contributed by atoms with van der Waals surface area (Å²) in [4.78, 5) is 22.7. The van der Waals surface area contributed by atoms with Gasteiger partial charge in [0.05, 0.1) is 17.8 Å². The minimum Gasteiger partial charge on any atom is -0.378 e. The number of amides is 1. The molecule has 1 aromatic heterocycles. The first-order chi connectivity index (χ1) is 17.0. The monoisotopic (exact) mass is 513 g/mol. The fourth-order valence-electron chi connectivity index (χ4n) is 4.62. The molecule has 0 saturated carbocycles. The summed E-state index contributed by atoms with van der Waals surface area (Å²) in [7, 11) is 0. The third-order valence-corrected chi connectivity index (χ3v) is 7.64. The van der Waals surface area contributed by atoms with E-state index in [0.717, 1.165) is 28.8 Å². The number of rotatable bonds is 4. The van der Waals surface area contributed by atoms with E-state index in [0.29, 0.717) is 11.1 Å². The summed E-state index contributed by atoms with van der Waals surface area (Å²) in [5, 5.41) is 8.89. The Bertz CT molecular complexity index is 1410. The number of carbonyl (C=O) groups is 1. The molecule has 1 amide bonds. The van der Waals surface area contributed by atoms with Gasteiger partial charge in [-0.25, -0.2) is 22.6 Å². The molecule has 0 spiro atoms. The average molecular weight is 514 g/mol. The summed E-state index contributed by atoms with van der Waals surface area (Å²) in [5.41, 5.74) is 5.76. The normalized spacial score (nSPS) is 26.6. The second-order valence-corrected chi connectivity index (χ2v) is 10.3. The van der Waals surface area contributed by atoms with Crippen LogP contribution in [0.1, 0.15) is 35.7 Å². The summed E-state index contributed by atoms with van der Waals surface area (Å²) in [6.07, 6.45) is 3.57. The average Bonchev–Trinajstić information content (AvgIpc) is 3.48. The van der Waals surface area contributed by atoms with Gasteiger partial charge in [0.2, 0.25) is 5.91 Å². The minimum absolute atomic E-state index is 0.000604. The first-order valence-electron chi connectivity index (χ1n) is 11.0. The topological polar surface area (TPSA) is 95.4 Å². The first-order valence-corrected chi connectivity index (χ1v) is 11.8. The van der Waals surface area contributed by atoms with Gasteiger partial charge in [-0.3, -0.25) is 9.78 Å². The van der Waals surface area contributed by atoms with E-state index >= 15 is 4.39 Å². The predicted molar refractivity (Wildman–Crippen MR) is 128 cm³/mol. The Morgan fingerprint density at radius 2 is 2.08 bits per heavy atom. The quantitative estimate of drug-likeness (QED) is 0.484. The number of halogens is 4. The number of carbonyl (C=O) groups excluding carboxylic acids is 1. The van der Waals surface area contributed by atoms with Gasteiger partial charge in [-0.2, -0.15) is 5.26 Å². The fourth-order valence-corrected chi connectivity index (χ4v) is 5.88. The molecule has 11 heteroatoms. The van der Waals surface area contributed by atoms with Gasteiger partial charge in [-0.1, -0.05) is 23.9 Å². The number of hydrogen-bond donors (Lipinski definition) is 1. The Kier molecular flexibility index (Phi) is 5.48. The maximum absolute atomic E-state index is 15.1. The second-order valence-electron chi connectivity index (χ2n) is 9.03. The summed E-state index contributed by atoms with van der Waals surface area (Å²) < 4.78 is 56.1. The molecule has 36 heavy (non-hydrogen) atoms. The zero-order valence-electron chi connectivity index (χ0n) is 18.9. The van der Waals surface area contributed by atoms with Crippen molar-refractivity contribution in [3.05, 3.63) is 76.4 Å². The number of alkyl halides is 2. The van der Waals surface area contributed by atoms with Gasteiger partial charge in [0.25, 0.3) is 5.92 Å². The molecule has 1 fully saturated rings. The molecule has 2 atom stereocenters. The molecule has 0 bridgehead atoms. The van der Waals surface area contributed by atoms with Crippen molar-refractivity contribution in [3.63, 3.8) is 0 Å². The second kappa shape index (κ2) is 8.20. The molecule has 2 aromatic rings. The molecule has 1 aliphatic carbocycles. The van der Waals surface area contributed by atoms with E-state index in [1.54, 1.807) is 13.0 Å². The molecule has 3 aliphatic rings. The maximum Gasteiger partial charge on any atom is 0.267 e. The highest BCUT2D eigenvalue weighted by Gasteiger charge is 2.64. The Hall–Kier alpha value is -3.65. The van der Waals surface area contributed by atoms with E-state index in [1.165, 1.54) is 30.5 Å². The standard InChI is InChI=1S/C25H19F4N5OS/c1-23(20-10-25(20,36-22(31)33-23)21(35)34-7-6-24(28,29)13-34)16-8-14(2-4-17(16)26)9-18(27)19-5-3-15(11-30)12-32-19/h2-5,8-10,12H,6-7,13H2,1H3,(H2,31,33)/b18-9-/t23-,25+/m1/s1. The van der Waals surface area contributed by atoms with Crippen LogP contribution in [-0.2, 0) is 10.3 Å². The molecule has 1 aromatic carbocycles. The van der Waals surface area contributed by atoms with E-state index in [9.17, 15) is 18.0 Å². The van der Waals surface area contributed by atoms with E-state index in [4.69, 9.17) is 11.0 Å². The van der Waals surface area contributed by atoms with E-state index in [1.807, 2.05) is 6.07 Å². The van der Waals surface area contributed by atoms with Crippen LogP contribution in [0, 0.1) is 17.1 Å². The van der Waals surface area contributed by atoms with Crippen LogP contribution in [0.5, 0.6) is 0 Å². The number of thioether (sulfide) groups is 1. The van der Waals surface area contributed by atoms with Crippen molar-refractivity contribution in [2.45, 2.75) is 29.6 Å². The number of fused-ring (bicyclic) bond motifs is 1. The number of benzene rings is 1. The lowest BCUT2D eigenvalue weighted by molar-refractivity contribution is -0.131. The third-order valence-electron chi connectivity index (χ3n) is 6.51. The maximum atomic E-state index is 15.1. The lowest BCUT2D eigenvalue weighted by Gasteiger charge is -2.35. The lowest BCUT2D eigenvalue weighted by atomic mass is 9.85. The zero-order valence-corrected chi connectivity index (χ0v) is 19.8. The van der Waals surface area contributed by atoms with Crippen molar-refractivity contribution in [1.29, 1.82) is 5.26 Å². The zero-order chi connectivity index (χ0) is 25.9. The van der Waals surface area contributed by atoms with Crippen LogP contribution >= 0.6 is 11.8 Å². The number of amidine groups is 1. The van der Waals surface area contributed by atoms with Gasteiger partial charge >= 0.3 is 0 Å². The number of nitriles is 1. The van der Waals surface area contributed by atoms with E-state index in [-0.39, 0.29) is 28.5 Å². The summed E-state index contributed by atoms with van der Waals surface area (Å²) >= 11 is 0.949. The summed E-state index contributed by atoms with van der Waals surface area (Å²) in [5.74, 6) is -4.82. The molecular formula is C25H19F4N5OS. The van der Waals surface area contributed by atoms with Crippen molar-refractivity contribution in [2.24, 2.45) is 10.7 Å². The Labute approximate surface area is 208 Å². The Morgan fingerprint density at radius 3 is 2.72 bits per heavy atom. The van der Waals surface area contributed by atoms with Crippen LogP contribution in [0.3, 0.4) is 0 Å². The van der Waals surface area contributed by atoms with E-state index in [2.05, 4.69) is 9.98 Å². The molecular weight excluding hydrogens is 494 g/mol. The predicted octanol–water partition coefficient (Wildman–Crippen LogP) is 4.38. The highest BCUT2D eigenvalue weighted by molar-refractivity contribution is 8.16. The molecule has 0 unspecified atom stereocenters. The summed E-state index contributed by atoms with van der Waals surface area (Å²) in [6, 6.07) is 8.63. The van der Waals surface area contributed by atoms with Gasteiger partial charge in [0, 0.05) is 24.7 Å². The fraction of sp³-hybridized carbons (Fsp3) is 0.280. The molecule has 6 nitrogen and oxygen atoms in total. The molecule has 3 heterocycles. The van der Waals surface area contributed by atoms with Crippen molar-refractivity contribution >= 4 is 34.7 Å². The number of aliphatic imine (C=N–C) groups is 1. The molecule has 2 aliphatic heterocycles. The van der Waals surface area contributed by atoms with Crippen molar-refractivity contribution in [1.82, 2.24) is 9.88 Å². The Balaban J connectivity index is 1.47. The van der Waals surface area contributed by atoms with Crippen LogP contribution < -0.4 is 5.73 Å². The van der Waals surface area contributed by atoms with Crippen LogP contribution in [0.4, 0.5) is 17.6 Å². The molecule has 5 rings (SSSR count). The molecule has 2 N–H and O–H groups in total. The first kappa shape index (κ1) is 24.1. The number of nitrogens with zero attached hydrogens (tertiary/aromatic N) is 4. The van der Waals surface area contributed by atoms with Gasteiger partial charge in [0.1, 0.15) is 28.0 Å². The van der Waals surface area contributed by atoms with Gasteiger partial charge in [-0.15, -0.1) is 0 Å². The van der Waals surface area contributed by atoms with Crippen molar-refractivity contribution in [2.75, 3.05) is 13.1 Å². The van der Waals surface area contributed by atoms with Crippen LogP contribution in [0.2, 0.25) is 0 Å². The third kappa shape index (κ3) is 3.95. The minimum atomic E-state index is -2.95. The van der Waals surface area contributed by atoms with E-state index < -0.39 is 46.7 Å². The largest absolute Gasteiger partial charge is 0.378 e. The number of nitrogens with two attached hydrogens (primary N) is 1. The van der Waals surface area contributed by atoms with Gasteiger partial charge in [-0.05, 0) is 48.4 Å². The highest BCUT2D eigenvalue weighted by Crippen LogP contribution is 2.61. The summed E-state index contributed by atoms with van der Waals surface area (Å²) in [6.45, 7) is 0.824. The molecule has 184 valence electrons. The molecule has 0 radical (unpaired) electrons. The highest BCUT2D eigenvalue weighted by atomic mass is 32.2.